The average Bonchev–Trinajstić information content (AvgIpc) is 2.38. The van der Waals surface area contributed by atoms with Gasteiger partial charge >= 0.3 is 0 Å². The summed E-state index contributed by atoms with van der Waals surface area (Å²) in [7, 11) is 1.60. The van der Waals surface area contributed by atoms with Crippen LogP contribution in [-0.4, -0.2) is 24.4 Å². The highest BCUT2D eigenvalue weighted by molar-refractivity contribution is 5.41. The Morgan fingerprint density at radius 2 is 2.22 bits per heavy atom. The SMILES string of the molecule is CCC(C)(O)CNCc1cc(C#N)ccc1OC. The van der Waals surface area contributed by atoms with Crippen LogP contribution in [-0.2, 0) is 6.54 Å². The van der Waals surface area contributed by atoms with E-state index in [1.165, 1.54) is 0 Å². The van der Waals surface area contributed by atoms with E-state index in [9.17, 15) is 5.11 Å². The van der Waals surface area contributed by atoms with Gasteiger partial charge in [0.2, 0.25) is 0 Å². The highest BCUT2D eigenvalue weighted by Crippen LogP contribution is 2.19. The molecule has 0 fully saturated rings. The normalized spacial score (nSPS) is 13.7. The van der Waals surface area contributed by atoms with Crippen molar-refractivity contribution >= 4 is 0 Å². The van der Waals surface area contributed by atoms with Crippen molar-refractivity contribution in [1.29, 1.82) is 5.26 Å². The first-order chi connectivity index (χ1) is 8.52. The van der Waals surface area contributed by atoms with E-state index < -0.39 is 5.60 Å². The van der Waals surface area contributed by atoms with Gasteiger partial charge in [0.1, 0.15) is 5.75 Å². The number of hydrogen-bond donors (Lipinski definition) is 2. The van der Waals surface area contributed by atoms with Crippen LogP contribution in [0.25, 0.3) is 0 Å². The Kier molecular flexibility index (Phi) is 5.14. The van der Waals surface area contributed by atoms with Gasteiger partial charge in [-0.1, -0.05) is 6.92 Å². The number of aliphatic hydroxyl groups is 1. The molecule has 0 aliphatic heterocycles. The molecule has 0 spiro atoms. The largest absolute Gasteiger partial charge is 0.496 e. The van der Waals surface area contributed by atoms with Crippen LogP contribution in [0, 0.1) is 11.3 Å². The molecule has 0 saturated carbocycles. The topological polar surface area (TPSA) is 65.3 Å². The molecule has 2 N–H and O–H groups in total. The number of rotatable bonds is 6. The molecule has 1 atom stereocenters. The first-order valence-corrected chi connectivity index (χ1v) is 6.02. The maximum Gasteiger partial charge on any atom is 0.123 e. The van der Waals surface area contributed by atoms with Crippen molar-refractivity contribution in [2.75, 3.05) is 13.7 Å². The molecular formula is C14H20N2O2. The van der Waals surface area contributed by atoms with Crippen molar-refractivity contribution < 1.29 is 9.84 Å². The van der Waals surface area contributed by atoms with Gasteiger partial charge in [0.15, 0.2) is 0 Å². The zero-order valence-electron chi connectivity index (χ0n) is 11.2. The fourth-order valence-electron chi connectivity index (χ4n) is 1.58. The number of benzene rings is 1. The molecule has 0 aromatic heterocycles. The molecule has 0 aliphatic carbocycles. The second kappa shape index (κ2) is 6.39. The van der Waals surface area contributed by atoms with Gasteiger partial charge in [0, 0.05) is 18.7 Å². The summed E-state index contributed by atoms with van der Waals surface area (Å²) in [5.74, 6) is 0.748. The molecular weight excluding hydrogens is 228 g/mol. The van der Waals surface area contributed by atoms with Crippen LogP contribution in [0.2, 0.25) is 0 Å². The summed E-state index contributed by atoms with van der Waals surface area (Å²) in [6.45, 7) is 4.81. The van der Waals surface area contributed by atoms with E-state index in [0.29, 0.717) is 25.1 Å². The quantitative estimate of drug-likeness (QED) is 0.806. The second-order valence-corrected chi connectivity index (χ2v) is 4.59. The maximum atomic E-state index is 9.88. The third-order valence-electron chi connectivity index (χ3n) is 2.99. The first-order valence-electron chi connectivity index (χ1n) is 6.02. The molecule has 0 heterocycles. The molecule has 0 amide bonds. The monoisotopic (exact) mass is 248 g/mol. The highest BCUT2D eigenvalue weighted by Gasteiger charge is 2.16. The van der Waals surface area contributed by atoms with Crippen LogP contribution < -0.4 is 10.1 Å². The smallest absolute Gasteiger partial charge is 0.123 e. The van der Waals surface area contributed by atoms with E-state index in [4.69, 9.17) is 10.00 Å². The van der Waals surface area contributed by atoms with Crippen LogP contribution in [0.5, 0.6) is 5.75 Å². The number of nitrogens with one attached hydrogen (secondary N) is 1. The van der Waals surface area contributed by atoms with Crippen molar-refractivity contribution in [3.63, 3.8) is 0 Å². The van der Waals surface area contributed by atoms with E-state index >= 15 is 0 Å². The Bertz CT molecular complexity index is 436. The Labute approximate surface area is 108 Å². The number of methoxy groups -OCH3 is 1. The van der Waals surface area contributed by atoms with Crippen molar-refractivity contribution in [3.8, 4) is 11.8 Å². The standard InChI is InChI=1S/C14H20N2O2/c1-4-14(2,17)10-16-9-12-7-11(8-15)5-6-13(12)18-3/h5-7,16-17H,4,9-10H2,1-3H3. The summed E-state index contributed by atoms with van der Waals surface area (Å²) in [5.41, 5.74) is 0.818. The van der Waals surface area contributed by atoms with Crippen LogP contribution in [0.3, 0.4) is 0 Å². The Morgan fingerprint density at radius 3 is 2.78 bits per heavy atom. The van der Waals surface area contributed by atoms with Gasteiger partial charge in [-0.15, -0.1) is 0 Å². The van der Waals surface area contributed by atoms with Gasteiger partial charge in [-0.2, -0.15) is 5.26 Å². The van der Waals surface area contributed by atoms with E-state index in [1.54, 1.807) is 32.2 Å². The van der Waals surface area contributed by atoms with Crippen LogP contribution in [0.1, 0.15) is 31.4 Å². The Balaban J connectivity index is 2.69. The summed E-state index contributed by atoms with van der Waals surface area (Å²) in [5, 5.41) is 21.9. The molecule has 0 saturated heterocycles. The molecule has 18 heavy (non-hydrogen) atoms. The van der Waals surface area contributed by atoms with Gasteiger partial charge in [-0.05, 0) is 31.5 Å². The third-order valence-corrected chi connectivity index (χ3v) is 2.99. The minimum atomic E-state index is -0.708. The lowest BCUT2D eigenvalue weighted by Gasteiger charge is -2.22. The minimum absolute atomic E-state index is 0.503. The predicted molar refractivity (Wildman–Crippen MR) is 70.3 cm³/mol. The molecule has 4 heteroatoms. The van der Waals surface area contributed by atoms with E-state index in [-0.39, 0.29) is 0 Å². The zero-order valence-corrected chi connectivity index (χ0v) is 11.2. The van der Waals surface area contributed by atoms with Crippen molar-refractivity contribution in [3.05, 3.63) is 29.3 Å². The van der Waals surface area contributed by atoms with E-state index in [1.807, 2.05) is 6.92 Å². The zero-order chi connectivity index (χ0) is 13.6. The first kappa shape index (κ1) is 14.5. The summed E-state index contributed by atoms with van der Waals surface area (Å²) < 4.78 is 5.24. The summed E-state index contributed by atoms with van der Waals surface area (Å²) >= 11 is 0. The van der Waals surface area contributed by atoms with Crippen molar-refractivity contribution in [2.45, 2.75) is 32.4 Å². The van der Waals surface area contributed by atoms with Gasteiger partial charge in [-0.3, -0.25) is 0 Å². The lowest BCUT2D eigenvalue weighted by atomic mass is 10.0. The molecule has 0 aliphatic rings. The summed E-state index contributed by atoms with van der Waals surface area (Å²) in [4.78, 5) is 0. The third kappa shape index (κ3) is 4.02. The lowest BCUT2D eigenvalue weighted by Crippen LogP contribution is -2.36. The van der Waals surface area contributed by atoms with Crippen molar-refractivity contribution in [1.82, 2.24) is 5.32 Å². The second-order valence-electron chi connectivity index (χ2n) is 4.59. The molecule has 98 valence electrons. The molecule has 4 nitrogen and oxygen atoms in total. The van der Waals surface area contributed by atoms with E-state index in [0.717, 1.165) is 11.3 Å². The Hall–Kier alpha value is -1.57. The summed E-state index contributed by atoms with van der Waals surface area (Å²) in [6.07, 6.45) is 0.690. The molecule has 1 aromatic rings. The van der Waals surface area contributed by atoms with Gasteiger partial charge in [0.05, 0.1) is 24.3 Å². The van der Waals surface area contributed by atoms with Gasteiger partial charge in [0.25, 0.3) is 0 Å². The van der Waals surface area contributed by atoms with Crippen LogP contribution >= 0.6 is 0 Å². The van der Waals surface area contributed by atoms with E-state index in [2.05, 4.69) is 11.4 Å². The Morgan fingerprint density at radius 1 is 1.50 bits per heavy atom. The molecule has 1 aromatic carbocycles. The number of nitrogens with zero attached hydrogens (tertiary/aromatic N) is 1. The highest BCUT2D eigenvalue weighted by atomic mass is 16.5. The van der Waals surface area contributed by atoms with Gasteiger partial charge < -0.3 is 15.2 Å². The molecule has 1 rings (SSSR count). The molecule has 0 bridgehead atoms. The van der Waals surface area contributed by atoms with Crippen LogP contribution in [0.15, 0.2) is 18.2 Å². The maximum absolute atomic E-state index is 9.88. The lowest BCUT2D eigenvalue weighted by molar-refractivity contribution is 0.0555. The van der Waals surface area contributed by atoms with Crippen molar-refractivity contribution in [2.24, 2.45) is 0 Å². The summed E-state index contributed by atoms with van der Waals surface area (Å²) in [6, 6.07) is 7.41. The molecule has 0 radical (unpaired) electrons. The molecule has 1 unspecified atom stereocenters. The number of ether oxygens (including phenoxy) is 1. The minimum Gasteiger partial charge on any atom is -0.496 e. The predicted octanol–water partition coefficient (Wildman–Crippen LogP) is 1.82. The van der Waals surface area contributed by atoms with Gasteiger partial charge in [-0.25, -0.2) is 0 Å². The average molecular weight is 248 g/mol. The number of hydrogen-bond acceptors (Lipinski definition) is 4. The fourth-order valence-corrected chi connectivity index (χ4v) is 1.58. The van der Waals surface area contributed by atoms with Crippen LogP contribution in [0.4, 0.5) is 0 Å². The number of nitriles is 1. The fraction of sp³-hybridized carbons (Fsp3) is 0.500.